The van der Waals surface area contributed by atoms with Gasteiger partial charge in [-0.25, -0.2) is 4.68 Å². The number of carbonyl (C=O) groups is 1. The standard InChI is InChI=1S/C13H16N2O.C2H6.CH2O/c1-4-16-13-6-5-12(7-11(13)3)15-9-10(2)8-14-15;2*1-2/h5-9H,4H2,1-3H3;1-2H3;1H2. The van der Waals surface area contributed by atoms with Crippen LogP contribution >= 0.6 is 0 Å². The average molecular weight is 276 g/mol. The molecule has 0 saturated carbocycles. The molecule has 1 aromatic carbocycles. The first kappa shape index (κ1) is 17.9. The van der Waals surface area contributed by atoms with Crippen molar-refractivity contribution in [2.45, 2.75) is 34.6 Å². The highest BCUT2D eigenvalue weighted by Crippen LogP contribution is 2.21. The van der Waals surface area contributed by atoms with Gasteiger partial charge in [0, 0.05) is 6.20 Å². The molecule has 20 heavy (non-hydrogen) atoms. The highest BCUT2D eigenvalue weighted by molar-refractivity contribution is 5.43. The van der Waals surface area contributed by atoms with Gasteiger partial charge < -0.3 is 9.53 Å². The van der Waals surface area contributed by atoms with Crippen LogP contribution in [0.15, 0.2) is 30.6 Å². The Labute approximate surface area is 121 Å². The van der Waals surface area contributed by atoms with E-state index in [1.807, 2.05) is 70.6 Å². The Hall–Kier alpha value is -2.10. The van der Waals surface area contributed by atoms with Gasteiger partial charge in [-0.15, -0.1) is 0 Å². The number of benzene rings is 1. The Bertz CT molecular complexity index is 507. The molecular formula is C16H24N2O2. The molecule has 2 aromatic rings. The molecule has 0 aliphatic rings. The fourth-order valence-corrected chi connectivity index (χ4v) is 1.65. The van der Waals surface area contributed by atoms with Gasteiger partial charge in [-0.1, -0.05) is 13.8 Å². The summed E-state index contributed by atoms with van der Waals surface area (Å²) in [5, 5.41) is 4.28. The van der Waals surface area contributed by atoms with Gasteiger partial charge in [-0.05, 0) is 50.1 Å². The normalized spacial score (nSPS) is 8.85. The summed E-state index contributed by atoms with van der Waals surface area (Å²) in [6.07, 6.45) is 3.86. The van der Waals surface area contributed by atoms with E-state index >= 15 is 0 Å². The van der Waals surface area contributed by atoms with Crippen molar-refractivity contribution in [3.8, 4) is 11.4 Å². The Morgan fingerprint density at radius 2 is 1.90 bits per heavy atom. The van der Waals surface area contributed by atoms with Gasteiger partial charge in [0.1, 0.15) is 12.5 Å². The Balaban J connectivity index is 0.000000829. The van der Waals surface area contributed by atoms with Crippen LogP contribution in [0.4, 0.5) is 0 Å². The van der Waals surface area contributed by atoms with E-state index in [0.29, 0.717) is 6.61 Å². The minimum atomic E-state index is 0.696. The lowest BCUT2D eigenvalue weighted by molar-refractivity contribution is -0.0979. The molecule has 1 heterocycles. The number of rotatable bonds is 3. The van der Waals surface area contributed by atoms with Crippen molar-refractivity contribution < 1.29 is 9.53 Å². The first-order chi connectivity index (χ1) is 9.70. The van der Waals surface area contributed by atoms with Gasteiger partial charge in [-0.2, -0.15) is 5.10 Å². The number of aryl methyl sites for hydroxylation is 2. The van der Waals surface area contributed by atoms with Crippen LogP contribution in [0.25, 0.3) is 5.69 Å². The van der Waals surface area contributed by atoms with Crippen LogP contribution in [0.2, 0.25) is 0 Å². The van der Waals surface area contributed by atoms with Gasteiger partial charge in [0.2, 0.25) is 0 Å². The number of aromatic nitrogens is 2. The molecule has 0 fully saturated rings. The number of hydrogen-bond acceptors (Lipinski definition) is 3. The fourth-order valence-electron chi connectivity index (χ4n) is 1.65. The summed E-state index contributed by atoms with van der Waals surface area (Å²) in [4.78, 5) is 8.00. The minimum Gasteiger partial charge on any atom is -0.494 e. The maximum absolute atomic E-state index is 8.00. The molecule has 110 valence electrons. The van der Waals surface area contributed by atoms with Crippen LogP contribution in [0.5, 0.6) is 5.75 Å². The highest BCUT2D eigenvalue weighted by Gasteiger charge is 2.02. The maximum atomic E-state index is 8.00. The molecule has 0 aliphatic carbocycles. The van der Waals surface area contributed by atoms with Crippen molar-refractivity contribution in [3.05, 3.63) is 41.7 Å². The Morgan fingerprint density at radius 1 is 1.25 bits per heavy atom. The molecule has 0 amide bonds. The molecule has 4 heteroatoms. The Kier molecular flexibility index (Phi) is 8.75. The molecular weight excluding hydrogens is 252 g/mol. The van der Waals surface area contributed by atoms with Crippen LogP contribution in [-0.4, -0.2) is 23.2 Å². The third-order valence-corrected chi connectivity index (χ3v) is 2.43. The topological polar surface area (TPSA) is 44.1 Å². The molecule has 0 unspecified atom stereocenters. The van der Waals surface area contributed by atoms with E-state index in [1.165, 1.54) is 0 Å². The summed E-state index contributed by atoms with van der Waals surface area (Å²) in [6.45, 7) is 12.8. The van der Waals surface area contributed by atoms with Crippen molar-refractivity contribution in [1.82, 2.24) is 9.78 Å². The largest absolute Gasteiger partial charge is 0.494 e. The smallest absolute Gasteiger partial charge is 0.122 e. The molecule has 1 aromatic heterocycles. The summed E-state index contributed by atoms with van der Waals surface area (Å²) >= 11 is 0. The third kappa shape index (κ3) is 4.88. The lowest BCUT2D eigenvalue weighted by Crippen LogP contribution is -1.98. The molecule has 0 radical (unpaired) electrons. The summed E-state index contributed by atoms with van der Waals surface area (Å²) in [6, 6.07) is 6.09. The van der Waals surface area contributed by atoms with E-state index in [0.717, 1.165) is 22.6 Å². The van der Waals surface area contributed by atoms with Gasteiger partial charge in [0.15, 0.2) is 0 Å². The number of ether oxygens (including phenoxy) is 1. The van der Waals surface area contributed by atoms with Crippen molar-refractivity contribution in [3.63, 3.8) is 0 Å². The minimum absolute atomic E-state index is 0.696. The molecule has 0 atom stereocenters. The summed E-state index contributed by atoms with van der Waals surface area (Å²) in [5.41, 5.74) is 3.35. The van der Waals surface area contributed by atoms with E-state index in [1.54, 1.807) is 0 Å². The molecule has 0 saturated heterocycles. The van der Waals surface area contributed by atoms with Crippen LogP contribution in [0.1, 0.15) is 31.9 Å². The van der Waals surface area contributed by atoms with Crippen molar-refractivity contribution in [2.75, 3.05) is 6.61 Å². The highest BCUT2D eigenvalue weighted by atomic mass is 16.5. The first-order valence-corrected chi connectivity index (χ1v) is 6.74. The summed E-state index contributed by atoms with van der Waals surface area (Å²) < 4.78 is 7.38. The quantitative estimate of drug-likeness (QED) is 0.858. The predicted octanol–water partition coefficient (Wildman–Crippen LogP) is 3.73. The third-order valence-electron chi connectivity index (χ3n) is 2.43. The lowest BCUT2D eigenvalue weighted by atomic mass is 10.2. The van der Waals surface area contributed by atoms with Crippen molar-refractivity contribution in [2.24, 2.45) is 0 Å². The molecule has 0 aliphatic heterocycles. The van der Waals surface area contributed by atoms with Gasteiger partial charge in [0.25, 0.3) is 0 Å². The molecule has 4 nitrogen and oxygen atoms in total. The number of carbonyl (C=O) groups excluding carboxylic acids is 1. The monoisotopic (exact) mass is 276 g/mol. The van der Waals surface area contributed by atoms with E-state index < -0.39 is 0 Å². The second-order valence-electron chi connectivity index (χ2n) is 3.85. The summed E-state index contributed by atoms with van der Waals surface area (Å²) in [7, 11) is 0. The molecule has 0 spiro atoms. The molecule has 2 rings (SSSR count). The van der Waals surface area contributed by atoms with E-state index in [-0.39, 0.29) is 0 Å². The Morgan fingerprint density at radius 3 is 2.35 bits per heavy atom. The summed E-state index contributed by atoms with van der Waals surface area (Å²) in [5.74, 6) is 0.940. The lowest BCUT2D eigenvalue weighted by Gasteiger charge is -2.08. The fraction of sp³-hybridized carbons (Fsp3) is 0.375. The number of nitrogens with zero attached hydrogens (tertiary/aromatic N) is 2. The van der Waals surface area contributed by atoms with Crippen LogP contribution < -0.4 is 4.74 Å². The second-order valence-corrected chi connectivity index (χ2v) is 3.85. The molecule has 0 N–H and O–H groups in total. The van der Waals surface area contributed by atoms with Gasteiger partial charge in [0.05, 0.1) is 18.5 Å². The van der Waals surface area contributed by atoms with Crippen LogP contribution in [-0.2, 0) is 4.79 Å². The number of hydrogen-bond donors (Lipinski definition) is 0. The zero-order valence-corrected chi connectivity index (χ0v) is 13.0. The van der Waals surface area contributed by atoms with Crippen molar-refractivity contribution in [1.29, 1.82) is 0 Å². The average Bonchev–Trinajstić information content (AvgIpc) is 2.92. The van der Waals surface area contributed by atoms with Gasteiger partial charge >= 0.3 is 0 Å². The SMILES string of the molecule is C=O.CC.CCOc1ccc(-n2cc(C)cn2)cc1C. The van der Waals surface area contributed by atoms with Crippen LogP contribution in [0.3, 0.4) is 0 Å². The maximum Gasteiger partial charge on any atom is 0.122 e. The van der Waals surface area contributed by atoms with E-state index in [4.69, 9.17) is 9.53 Å². The van der Waals surface area contributed by atoms with E-state index in [9.17, 15) is 0 Å². The van der Waals surface area contributed by atoms with Gasteiger partial charge in [-0.3, -0.25) is 0 Å². The van der Waals surface area contributed by atoms with E-state index in [2.05, 4.69) is 11.2 Å². The first-order valence-electron chi connectivity index (χ1n) is 6.74. The van der Waals surface area contributed by atoms with Crippen LogP contribution in [0, 0.1) is 13.8 Å². The van der Waals surface area contributed by atoms with Crippen molar-refractivity contribution >= 4 is 6.79 Å². The zero-order valence-electron chi connectivity index (χ0n) is 13.0. The zero-order chi connectivity index (χ0) is 15.5. The molecule has 0 bridgehead atoms. The predicted molar refractivity (Wildman–Crippen MR) is 82.7 cm³/mol. The second kappa shape index (κ2) is 9.78.